The minimum atomic E-state index is -1.05. The van der Waals surface area contributed by atoms with Crippen LogP contribution in [0.1, 0.15) is 15.9 Å². The maximum Gasteiger partial charge on any atom is 0.348 e. The minimum absolute atomic E-state index is 0.0768. The molecule has 0 atom stereocenters. The molecule has 1 aromatic heterocycles. The first-order chi connectivity index (χ1) is 9.47. The van der Waals surface area contributed by atoms with Crippen LogP contribution in [0.15, 0.2) is 41.5 Å². The number of rotatable bonds is 4. The predicted molar refractivity (Wildman–Crippen MR) is 67.7 cm³/mol. The number of nitrogens with zero attached hydrogens (tertiary/aromatic N) is 3. The maximum atomic E-state index is 11.5. The third-order valence-corrected chi connectivity index (χ3v) is 2.61. The molecule has 0 saturated heterocycles. The molecular weight excluding hydrogens is 266 g/mol. The summed E-state index contributed by atoms with van der Waals surface area (Å²) in [6, 6.07) is 5.87. The fraction of sp³-hybridized carbons (Fsp3) is 0.0833. The molecule has 0 aliphatic carbocycles. The van der Waals surface area contributed by atoms with Gasteiger partial charge in [0.2, 0.25) is 0 Å². The molecule has 0 aliphatic rings. The Morgan fingerprint density at radius 1 is 1.35 bits per heavy atom. The molecule has 1 heterocycles. The van der Waals surface area contributed by atoms with E-state index in [1.54, 1.807) is 0 Å². The summed E-state index contributed by atoms with van der Waals surface area (Å²) in [5.74, 6) is -1.05. The van der Waals surface area contributed by atoms with Crippen molar-refractivity contribution in [2.75, 3.05) is 0 Å². The Balaban J connectivity index is 2.29. The van der Waals surface area contributed by atoms with Gasteiger partial charge < -0.3 is 5.11 Å². The molecule has 2 rings (SSSR count). The average Bonchev–Trinajstić information content (AvgIpc) is 2.41. The van der Waals surface area contributed by atoms with Crippen LogP contribution >= 0.6 is 0 Å². The number of carbonyl (C=O) groups is 1. The van der Waals surface area contributed by atoms with Gasteiger partial charge in [0.1, 0.15) is 6.20 Å². The number of hydrogen-bond donors (Lipinski definition) is 1. The molecule has 0 fully saturated rings. The Bertz CT molecular complexity index is 721. The largest absolute Gasteiger partial charge is 0.478 e. The summed E-state index contributed by atoms with van der Waals surface area (Å²) in [5.41, 5.74) is -0.137. The van der Waals surface area contributed by atoms with Gasteiger partial charge in [0.25, 0.3) is 0 Å². The Hall–Kier alpha value is -3.03. The number of aromatic carboxylic acids is 1. The van der Waals surface area contributed by atoms with Crippen molar-refractivity contribution in [1.82, 2.24) is 9.55 Å². The summed E-state index contributed by atoms with van der Waals surface area (Å²) >= 11 is 0. The van der Waals surface area contributed by atoms with E-state index < -0.39 is 16.6 Å². The molecule has 0 unspecified atom stereocenters. The van der Waals surface area contributed by atoms with E-state index in [1.165, 1.54) is 24.3 Å². The van der Waals surface area contributed by atoms with E-state index in [0.717, 1.165) is 17.0 Å². The summed E-state index contributed by atoms with van der Waals surface area (Å²) < 4.78 is 1.09. The zero-order valence-electron chi connectivity index (χ0n) is 10.1. The lowest BCUT2D eigenvalue weighted by Gasteiger charge is -2.05. The van der Waals surface area contributed by atoms with Crippen LogP contribution in [0.5, 0.6) is 0 Å². The van der Waals surface area contributed by atoms with Crippen LogP contribution in [0, 0.1) is 10.1 Å². The zero-order valence-corrected chi connectivity index (χ0v) is 10.1. The highest BCUT2D eigenvalue weighted by atomic mass is 16.6. The standard InChI is InChI=1S/C12H9N3O5/c16-11(17)9-3-1-8(2-4-9)6-14-7-10(15(19)20)5-13-12(14)18/h1-5,7H,6H2,(H,16,17). The van der Waals surface area contributed by atoms with E-state index in [2.05, 4.69) is 4.98 Å². The summed E-state index contributed by atoms with van der Waals surface area (Å²) in [4.78, 5) is 35.6. The number of hydrogen-bond acceptors (Lipinski definition) is 5. The predicted octanol–water partition coefficient (Wildman–Crippen LogP) is 0.898. The number of aromatic nitrogens is 2. The van der Waals surface area contributed by atoms with Crippen LogP contribution in [-0.2, 0) is 6.54 Å². The molecule has 8 nitrogen and oxygen atoms in total. The number of nitro groups is 1. The Morgan fingerprint density at radius 3 is 2.55 bits per heavy atom. The number of carboxylic acids is 1. The van der Waals surface area contributed by atoms with E-state index in [4.69, 9.17) is 5.11 Å². The Morgan fingerprint density at radius 2 is 2.00 bits per heavy atom. The first kappa shape index (κ1) is 13.4. The van der Waals surface area contributed by atoms with Crippen molar-refractivity contribution in [1.29, 1.82) is 0 Å². The monoisotopic (exact) mass is 275 g/mol. The topological polar surface area (TPSA) is 115 Å². The van der Waals surface area contributed by atoms with Gasteiger partial charge in [-0.15, -0.1) is 0 Å². The first-order valence-corrected chi connectivity index (χ1v) is 5.50. The first-order valence-electron chi connectivity index (χ1n) is 5.50. The average molecular weight is 275 g/mol. The number of carboxylic acid groups (broad SMARTS) is 1. The zero-order chi connectivity index (χ0) is 14.7. The lowest BCUT2D eigenvalue weighted by Crippen LogP contribution is -2.23. The van der Waals surface area contributed by atoms with Crippen LogP contribution < -0.4 is 5.69 Å². The third kappa shape index (κ3) is 2.86. The van der Waals surface area contributed by atoms with E-state index >= 15 is 0 Å². The van der Waals surface area contributed by atoms with E-state index in [-0.39, 0.29) is 17.8 Å². The molecule has 1 aromatic carbocycles. The van der Waals surface area contributed by atoms with Crippen LogP contribution in [0.25, 0.3) is 0 Å². The van der Waals surface area contributed by atoms with Gasteiger partial charge >= 0.3 is 17.3 Å². The van der Waals surface area contributed by atoms with Crippen molar-refractivity contribution in [2.45, 2.75) is 6.54 Å². The molecule has 0 bridgehead atoms. The summed E-state index contributed by atoms with van der Waals surface area (Å²) in [5, 5.41) is 19.4. The highest BCUT2D eigenvalue weighted by molar-refractivity contribution is 5.87. The van der Waals surface area contributed by atoms with E-state index in [1.807, 2.05) is 0 Å². The molecule has 0 spiro atoms. The van der Waals surface area contributed by atoms with Crippen LogP contribution in [-0.4, -0.2) is 25.6 Å². The van der Waals surface area contributed by atoms with Gasteiger partial charge in [0, 0.05) is 0 Å². The Labute approximate surface area is 112 Å². The molecular formula is C12H9N3O5. The molecule has 20 heavy (non-hydrogen) atoms. The summed E-state index contributed by atoms with van der Waals surface area (Å²) in [6.07, 6.45) is 1.99. The minimum Gasteiger partial charge on any atom is -0.478 e. The van der Waals surface area contributed by atoms with E-state index in [0.29, 0.717) is 5.56 Å². The molecule has 0 saturated carbocycles. The fourth-order valence-electron chi connectivity index (χ4n) is 1.60. The van der Waals surface area contributed by atoms with Crippen molar-refractivity contribution in [3.8, 4) is 0 Å². The second-order valence-corrected chi connectivity index (χ2v) is 3.98. The van der Waals surface area contributed by atoms with Gasteiger partial charge in [-0.3, -0.25) is 14.7 Å². The van der Waals surface area contributed by atoms with Gasteiger partial charge in [-0.1, -0.05) is 12.1 Å². The van der Waals surface area contributed by atoms with Gasteiger partial charge in [0.15, 0.2) is 0 Å². The smallest absolute Gasteiger partial charge is 0.348 e. The van der Waals surface area contributed by atoms with Crippen molar-refractivity contribution < 1.29 is 14.8 Å². The Kier molecular flexibility index (Phi) is 3.56. The fourth-order valence-corrected chi connectivity index (χ4v) is 1.60. The van der Waals surface area contributed by atoms with E-state index in [9.17, 15) is 19.7 Å². The SMILES string of the molecule is O=C(O)c1ccc(Cn2cc([N+](=O)[O-])cnc2=O)cc1. The van der Waals surface area contributed by atoms with Gasteiger partial charge in [0.05, 0.1) is 23.2 Å². The van der Waals surface area contributed by atoms with Gasteiger partial charge in [-0.05, 0) is 17.7 Å². The molecule has 0 aliphatic heterocycles. The lowest BCUT2D eigenvalue weighted by molar-refractivity contribution is -0.385. The quantitative estimate of drug-likeness (QED) is 0.654. The summed E-state index contributed by atoms with van der Waals surface area (Å²) in [6.45, 7) is 0.0768. The summed E-state index contributed by atoms with van der Waals surface area (Å²) in [7, 11) is 0. The van der Waals surface area contributed by atoms with Gasteiger partial charge in [-0.2, -0.15) is 4.98 Å². The molecule has 1 N–H and O–H groups in total. The highest BCUT2D eigenvalue weighted by Crippen LogP contribution is 2.08. The second-order valence-electron chi connectivity index (χ2n) is 3.98. The lowest BCUT2D eigenvalue weighted by atomic mass is 10.1. The van der Waals surface area contributed by atoms with Gasteiger partial charge in [-0.25, -0.2) is 9.59 Å². The molecule has 2 aromatic rings. The van der Waals surface area contributed by atoms with Crippen LogP contribution in [0.2, 0.25) is 0 Å². The number of benzene rings is 1. The molecule has 0 amide bonds. The van der Waals surface area contributed by atoms with Crippen molar-refractivity contribution >= 4 is 11.7 Å². The third-order valence-electron chi connectivity index (χ3n) is 2.61. The molecule has 102 valence electrons. The normalized spacial score (nSPS) is 10.2. The molecule has 0 radical (unpaired) electrons. The van der Waals surface area contributed by atoms with Crippen LogP contribution in [0.4, 0.5) is 5.69 Å². The van der Waals surface area contributed by atoms with Crippen molar-refractivity contribution in [3.05, 3.63) is 68.4 Å². The van der Waals surface area contributed by atoms with Crippen molar-refractivity contribution in [3.63, 3.8) is 0 Å². The highest BCUT2D eigenvalue weighted by Gasteiger charge is 2.09. The van der Waals surface area contributed by atoms with Crippen LogP contribution in [0.3, 0.4) is 0 Å². The maximum absolute atomic E-state index is 11.5. The second kappa shape index (κ2) is 5.31. The molecule has 8 heteroatoms. The van der Waals surface area contributed by atoms with Crippen molar-refractivity contribution in [2.24, 2.45) is 0 Å².